The van der Waals surface area contributed by atoms with Gasteiger partial charge in [0.05, 0.1) is 25.3 Å². The maximum Gasteiger partial charge on any atom is 0.277 e. The summed E-state index contributed by atoms with van der Waals surface area (Å²) < 4.78 is 5.49. The lowest BCUT2D eigenvalue weighted by Gasteiger charge is -2.30. The van der Waals surface area contributed by atoms with E-state index in [1.54, 1.807) is 17.7 Å². The van der Waals surface area contributed by atoms with E-state index in [2.05, 4.69) is 38.3 Å². The summed E-state index contributed by atoms with van der Waals surface area (Å²) in [5.74, 6) is 1.35. The molecule has 13 nitrogen and oxygen atoms in total. The molecule has 0 unspecified atom stereocenters. The van der Waals surface area contributed by atoms with Gasteiger partial charge in [-0.25, -0.2) is 20.4 Å². The van der Waals surface area contributed by atoms with Gasteiger partial charge in [0.25, 0.3) is 5.91 Å². The molecular weight excluding hydrogens is 452 g/mol. The number of morpholine rings is 1. The summed E-state index contributed by atoms with van der Waals surface area (Å²) in [6.45, 7) is 10.3. The minimum atomic E-state index is -0.736. The molecular formula is C22H28N10O3. The first-order chi connectivity index (χ1) is 17.0. The van der Waals surface area contributed by atoms with Gasteiger partial charge in [0.15, 0.2) is 17.5 Å². The smallest absolute Gasteiger partial charge is 0.277 e. The maximum absolute atomic E-state index is 11.6. The number of anilines is 3. The van der Waals surface area contributed by atoms with Gasteiger partial charge in [0.2, 0.25) is 0 Å². The number of hydrogen-bond acceptors (Lipinski definition) is 12. The molecule has 13 heteroatoms. The molecule has 0 atom stereocenters. The summed E-state index contributed by atoms with van der Waals surface area (Å²) in [4.78, 5) is 41.3. The molecule has 0 spiro atoms. The number of nitrogens with two attached hydrogens (primary N) is 1. The van der Waals surface area contributed by atoms with Gasteiger partial charge < -0.3 is 20.3 Å². The number of amides is 1. The van der Waals surface area contributed by atoms with Crippen LogP contribution in [0.4, 0.5) is 23.1 Å². The van der Waals surface area contributed by atoms with Crippen LogP contribution in [-0.4, -0.2) is 92.2 Å². The Kier molecular flexibility index (Phi) is 8.92. The van der Waals surface area contributed by atoms with Crippen molar-refractivity contribution < 1.29 is 14.7 Å². The van der Waals surface area contributed by atoms with Crippen molar-refractivity contribution in [2.24, 2.45) is 15.0 Å². The number of nitrogens with zero attached hydrogens (tertiary/aromatic N) is 8. The number of pyridine rings is 1. The number of ether oxygens (including phenoxy) is 1. The van der Waals surface area contributed by atoms with Gasteiger partial charge in [-0.3, -0.25) is 25.0 Å². The first kappa shape index (κ1) is 25.4. The van der Waals surface area contributed by atoms with Crippen molar-refractivity contribution in [3.63, 3.8) is 0 Å². The zero-order valence-electron chi connectivity index (χ0n) is 19.5. The summed E-state index contributed by atoms with van der Waals surface area (Å²) in [5, 5.41) is 8.83. The predicted octanol–water partition coefficient (Wildman–Crippen LogP) is 0.886. The number of hydroxylamine groups is 1. The summed E-state index contributed by atoms with van der Waals surface area (Å²) in [6, 6.07) is 3.50. The molecule has 1 aliphatic rings. The molecule has 2 aromatic heterocycles. The van der Waals surface area contributed by atoms with Crippen LogP contribution in [0.1, 0.15) is 0 Å². The number of aliphatic imine (C=N–C) groups is 3. The van der Waals surface area contributed by atoms with E-state index in [4.69, 9.17) is 25.6 Å². The van der Waals surface area contributed by atoms with Gasteiger partial charge in [-0.2, -0.15) is 0 Å². The molecule has 3 heterocycles. The zero-order valence-corrected chi connectivity index (χ0v) is 19.5. The van der Waals surface area contributed by atoms with E-state index in [0.29, 0.717) is 73.9 Å². The molecule has 1 aliphatic heterocycles. The van der Waals surface area contributed by atoms with Gasteiger partial charge in [-0.1, -0.05) is 0 Å². The van der Waals surface area contributed by atoms with E-state index in [-0.39, 0.29) is 5.57 Å². The molecule has 0 saturated carbocycles. The van der Waals surface area contributed by atoms with Crippen LogP contribution in [0, 0.1) is 0 Å². The Morgan fingerprint density at radius 2 is 2.11 bits per heavy atom. The minimum absolute atomic E-state index is 0.0633. The van der Waals surface area contributed by atoms with Gasteiger partial charge in [0, 0.05) is 50.9 Å². The van der Waals surface area contributed by atoms with Gasteiger partial charge in [-0.15, -0.1) is 0 Å². The maximum atomic E-state index is 11.6. The Morgan fingerprint density at radius 3 is 2.74 bits per heavy atom. The van der Waals surface area contributed by atoms with Crippen LogP contribution in [0.25, 0.3) is 11.4 Å². The molecule has 1 fully saturated rings. The van der Waals surface area contributed by atoms with Gasteiger partial charge in [-0.05, 0) is 25.6 Å². The second-order valence-electron chi connectivity index (χ2n) is 7.44. The van der Waals surface area contributed by atoms with Crippen LogP contribution in [0.2, 0.25) is 0 Å². The van der Waals surface area contributed by atoms with Crippen molar-refractivity contribution in [3.05, 3.63) is 30.1 Å². The number of rotatable bonds is 10. The summed E-state index contributed by atoms with van der Waals surface area (Å²) >= 11 is 0. The average Bonchev–Trinajstić information content (AvgIpc) is 2.90. The van der Waals surface area contributed by atoms with Crippen LogP contribution >= 0.6 is 0 Å². The summed E-state index contributed by atoms with van der Waals surface area (Å²) in [7, 11) is 1.85. The van der Waals surface area contributed by atoms with E-state index in [0.717, 1.165) is 0 Å². The molecule has 2 aromatic rings. The van der Waals surface area contributed by atoms with E-state index >= 15 is 0 Å². The van der Waals surface area contributed by atoms with E-state index in [1.807, 2.05) is 18.0 Å². The van der Waals surface area contributed by atoms with Gasteiger partial charge >= 0.3 is 0 Å². The van der Waals surface area contributed by atoms with Crippen molar-refractivity contribution in [1.82, 2.24) is 20.4 Å². The van der Waals surface area contributed by atoms with Gasteiger partial charge in [0.1, 0.15) is 11.5 Å². The number of likely N-dealkylation sites (N-methyl/N-ethyl adjacent to an activating group) is 1. The Morgan fingerprint density at radius 1 is 1.34 bits per heavy atom. The lowest BCUT2D eigenvalue weighted by Crippen LogP contribution is -2.37. The highest BCUT2D eigenvalue weighted by Gasteiger charge is 2.23. The van der Waals surface area contributed by atoms with Crippen LogP contribution in [0.15, 0.2) is 45.1 Å². The second kappa shape index (κ2) is 12.3. The lowest BCUT2D eigenvalue weighted by molar-refractivity contribution is -0.124. The molecule has 1 saturated heterocycles. The molecule has 0 radical (unpaired) electrons. The molecule has 1 amide bonds. The lowest BCUT2D eigenvalue weighted by atomic mass is 10.2. The third kappa shape index (κ3) is 6.43. The van der Waals surface area contributed by atoms with Crippen LogP contribution < -0.4 is 21.0 Å². The molecule has 0 bridgehead atoms. The molecule has 3 rings (SSSR count). The highest BCUT2D eigenvalue weighted by atomic mass is 16.5. The monoisotopic (exact) mass is 480 g/mol. The highest BCUT2D eigenvalue weighted by molar-refractivity contribution is 6.11. The fourth-order valence-electron chi connectivity index (χ4n) is 3.29. The molecule has 0 aliphatic carbocycles. The minimum Gasteiger partial charge on any atom is -0.384 e. The van der Waals surface area contributed by atoms with Crippen LogP contribution in [-0.2, 0) is 9.53 Å². The number of nitrogens with one attached hydrogen (secondary N) is 1. The Balaban J connectivity index is 1.92. The molecule has 0 aromatic carbocycles. The first-order valence-corrected chi connectivity index (χ1v) is 10.7. The summed E-state index contributed by atoms with van der Waals surface area (Å²) in [5.41, 5.74) is 8.60. The third-order valence-electron chi connectivity index (χ3n) is 5.11. The van der Waals surface area contributed by atoms with Crippen molar-refractivity contribution in [3.8, 4) is 11.4 Å². The van der Waals surface area contributed by atoms with E-state index < -0.39 is 5.91 Å². The SMILES string of the molecule is C=N/C=C(\C=NCCN(C)c1nc(-c2ccc(N)nc2)nc(N2CCOCC2)c1N=C)C(=O)NO. The molecule has 184 valence electrons. The first-order valence-electron chi connectivity index (χ1n) is 10.7. The predicted molar refractivity (Wildman–Crippen MR) is 136 cm³/mol. The fraction of sp³-hybridized carbons (Fsp3) is 0.318. The number of aromatic nitrogens is 3. The number of hydrogen-bond donors (Lipinski definition) is 3. The topological polar surface area (TPSA) is 167 Å². The Bertz CT molecular complexity index is 1110. The Labute approximate surface area is 202 Å². The second-order valence-corrected chi connectivity index (χ2v) is 7.44. The number of nitrogen functional groups attached to an aromatic ring is 1. The van der Waals surface area contributed by atoms with Crippen LogP contribution in [0.5, 0.6) is 0 Å². The largest absolute Gasteiger partial charge is 0.384 e. The van der Waals surface area contributed by atoms with Crippen molar-refractivity contribution in [2.45, 2.75) is 0 Å². The quantitative estimate of drug-likeness (QED) is 0.194. The normalized spacial score (nSPS) is 14.1. The van der Waals surface area contributed by atoms with Crippen molar-refractivity contribution in [2.75, 3.05) is 62.0 Å². The summed E-state index contributed by atoms with van der Waals surface area (Å²) in [6.07, 6.45) is 4.13. The van der Waals surface area contributed by atoms with E-state index in [9.17, 15) is 4.79 Å². The standard InChI is InChI=1S/C22H28N10O3/c1-24-12-16(22(33)30-34)13-26-6-7-31(3)20-18(25-2)21(32-8-10-35-11-9-32)29-19(28-20)15-4-5-17(23)27-14-15/h4-5,12-14,34H,1-2,6-11H2,3H3,(H2,23,27)(H,30,33)/b16-12+,26-13?. The Hall–Kier alpha value is -4.23. The average molecular weight is 481 g/mol. The number of carbonyl (C=O) groups is 1. The molecule has 35 heavy (non-hydrogen) atoms. The third-order valence-corrected chi connectivity index (χ3v) is 5.11. The van der Waals surface area contributed by atoms with Crippen LogP contribution in [0.3, 0.4) is 0 Å². The van der Waals surface area contributed by atoms with Crippen molar-refractivity contribution in [1.29, 1.82) is 0 Å². The zero-order chi connectivity index (χ0) is 25.2. The number of carbonyl (C=O) groups excluding carboxylic acids is 1. The highest BCUT2D eigenvalue weighted by Crippen LogP contribution is 2.37. The fourth-order valence-corrected chi connectivity index (χ4v) is 3.29. The van der Waals surface area contributed by atoms with E-state index in [1.165, 1.54) is 12.4 Å². The molecule has 4 N–H and O–H groups in total. The van der Waals surface area contributed by atoms with Crippen molar-refractivity contribution >= 4 is 48.7 Å².